The molecule has 3 aromatic rings. The van der Waals surface area contributed by atoms with E-state index in [1.54, 1.807) is 29.5 Å². The Kier molecular flexibility index (Phi) is 3.52. The quantitative estimate of drug-likeness (QED) is 0.684. The van der Waals surface area contributed by atoms with Gasteiger partial charge in [-0.25, -0.2) is 0 Å². The normalized spacial score (nSPS) is 10.7. The summed E-state index contributed by atoms with van der Waals surface area (Å²) in [6.07, 6.45) is 5.71. The molecule has 4 nitrogen and oxygen atoms in total. The molecule has 0 amide bonds. The third-order valence-corrected chi connectivity index (χ3v) is 3.44. The fourth-order valence-corrected chi connectivity index (χ4v) is 2.50. The summed E-state index contributed by atoms with van der Waals surface area (Å²) < 4.78 is 7.82. The van der Waals surface area contributed by atoms with Crippen LogP contribution in [0.2, 0.25) is 0 Å². The summed E-state index contributed by atoms with van der Waals surface area (Å²) in [5.74, 6) is 0. The van der Waals surface area contributed by atoms with Crippen LogP contribution in [0.4, 0.5) is 0 Å². The van der Waals surface area contributed by atoms with Crippen molar-refractivity contribution in [3.8, 4) is 11.3 Å². The molecule has 0 aliphatic rings. The van der Waals surface area contributed by atoms with Gasteiger partial charge in [0.05, 0.1) is 24.6 Å². The van der Waals surface area contributed by atoms with Crippen LogP contribution in [0.25, 0.3) is 11.3 Å². The smallest absolute Gasteiger partial charge is 0.153 e. The van der Waals surface area contributed by atoms with E-state index < -0.39 is 0 Å². The van der Waals surface area contributed by atoms with Gasteiger partial charge in [-0.3, -0.25) is 9.48 Å². The van der Waals surface area contributed by atoms with Crippen LogP contribution in [-0.2, 0) is 6.54 Å². The van der Waals surface area contributed by atoms with E-state index in [0.717, 1.165) is 21.9 Å². The highest BCUT2D eigenvalue weighted by Crippen LogP contribution is 2.22. The molecule has 0 radical (unpaired) electrons. The van der Waals surface area contributed by atoms with E-state index in [1.807, 2.05) is 24.3 Å². The highest BCUT2D eigenvalue weighted by atomic mass is 79.9. The van der Waals surface area contributed by atoms with Crippen molar-refractivity contribution in [1.29, 1.82) is 0 Å². The number of hydrogen-bond donors (Lipinski definition) is 0. The van der Waals surface area contributed by atoms with Crippen molar-refractivity contribution in [2.75, 3.05) is 0 Å². The van der Waals surface area contributed by atoms with E-state index in [4.69, 9.17) is 4.42 Å². The van der Waals surface area contributed by atoms with E-state index in [-0.39, 0.29) is 0 Å². The van der Waals surface area contributed by atoms with Gasteiger partial charge in [-0.2, -0.15) is 5.10 Å². The van der Waals surface area contributed by atoms with Gasteiger partial charge in [-0.15, -0.1) is 0 Å². The molecule has 5 heteroatoms. The van der Waals surface area contributed by atoms with Crippen molar-refractivity contribution >= 4 is 22.2 Å². The predicted molar refractivity (Wildman–Crippen MR) is 78.6 cm³/mol. The fourth-order valence-electron chi connectivity index (χ4n) is 2.05. The molecule has 0 bridgehead atoms. The number of hydrogen-bond acceptors (Lipinski definition) is 3. The SMILES string of the molecule is O=Cc1cn(Cc2cccc(Br)c2)nc1-c1ccoc1. The van der Waals surface area contributed by atoms with Gasteiger partial charge in [0.25, 0.3) is 0 Å². The molecule has 0 unspecified atom stereocenters. The number of benzene rings is 1. The minimum absolute atomic E-state index is 0.557. The Bertz CT molecular complexity index is 732. The molecule has 0 saturated heterocycles. The number of carbonyl (C=O) groups is 1. The molecule has 20 heavy (non-hydrogen) atoms. The zero-order chi connectivity index (χ0) is 13.9. The standard InChI is InChI=1S/C15H11BrN2O2/c16-14-3-1-2-11(6-14)7-18-8-13(9-19)15(17-18)12-4-5-20-10-12/h1-6,8-10H,7H2. The first kappa shape index (κ1) is 12.9. The van der Waals surface area contributed by atoms with Gasteiger partial charge in [0.2, 0.25) is 0 Å². The Morgan fingerprint density at radius 3 is 2.95 bits per heavy atom. The molecule has 0 aliphatic heterocycles. The largest absolute Gasteiger partial charge is 0.472 e. The second kappa shape index (κ2) is 5.46. The van der Waals surface area contributed by atoms with E-state index in [1.165, 1.54) is 0 Å². The van der Waals surface area contributed by atoms with Crippen LogP contribution in [0.3, 0.4) is 0 Å². The van der Waals surface area contributed by atoms with Crippen LogP contribution in [0.5, 0.6) is 0 Å². The van der Waals surface area contributed by atoms with Gasteiger partial charge in [0, 0.05) is 16.2 Å². The average molecular weight is 331 g/mol. The predicted octanol–water partition coefficient (Wildman–Crippen LogP) is 3.77. The molecular formula is C15H11BrN2O2. The maximum Gasteiger partial charge on any atom is 0.153 e. The minimum atomic E-state index is 0.557. The van der Waals surface area contributed by atoms with Gasteiger partial charge in [0.15, 0.2) is 6.29 Å². The van der Waals surface area contributed by atoms with Crippen molar-refractivity contribution in [2.24, 2.45) is 0 Å². The van der Waals surface area contributed by atoms with E-state index in [2.05, 4.69) is 21.0 Å². The lowest BCUT2D eigenvalue weighted by atomic mass is 10.2. The van der Waals surface area contributed by atoms with Crippen molar-refractivity contribution in [3.63, 3.8) is 0 Å². The van der Waals surface area contributed by atoms with Crippen molar-refractivity contribution in [3.05, 3.63) is 64.7 Å². The molecule has 0 fully saturated rings. The highest BCUT2D eigenvalue weighted by molar-refractivity contribution is 9.10. The first-order valence-electron chi connectivity index (χ1n) is 6.06. The van der Waals surface area contributed by atoms with Crippen molar-refractivity contribution in [1.82, 2.24) is 9.78 Å². The van der Waals surface area contributed by atoms with Crippen molar-refractivity contribution in [2.45, 2.75) is 6.54 Å². The number of nitrogens with zero attached hydrogens (tertiary/aromatic N) is 2. The lowest BCUT2D eigenvalue weighted by Gasteiger charge is -2.02. The number of aldehydes is 1. The number of furan rings is 1. The maximum atomic E-state index is 11.2. The average Bonchev–Trinajstić information content (AvgIpc) is 3.06. The second-order valence-corrected chi connectivity index (χ2v) is 5.31. The van der Waals surface area contributed by atoms with Crippen LogP contribution < -0.4 is 0 Å². The van der Waals surface area contributed by atoms with Gasteiger partial charge in [-0.05, 0) is 23.8 Å². The van der Waals surface area contributed by atoms with Gasteiger partial charge >= 0.3 is 0 Å². The lowest BCUT2D eigenvalue weighted by molar-refractivity contribution is 0.112. The van der Waals surface area contributed by atoms with Crippen LogP contribution in [0.1, 0.15) is 15.9 Å². The Hall–Kier alpha value is -2.14. The summed E-state index contributed by atoms with van der Waals surface area (Å²) in [6.45, 7) is 0.609. The monoisotopic (exact) mass is 330 g/mol. The molecule has 0 atom stereocenters. The molecule has 0 saturated carbocycles. The molecule has 2 heterocycles. The van der Waals surface area contributed by atoms with Crippen LogP contribution in [0.15, 0.2) is 57.9 Å². The van der Waals surface area contributed by atoms with E-state index in [9.17, 15) is 4.79 Å². The molecular weight excluding hydrogens is 320 g/mol. The first-order valence-corrected chi connectivity index (χ1v) is 6.85. The Balaban J connectivity index is 1.93. The molecule has 3 rings (SSSR count). The molecule has 1 aromatic carbocycles. The Morgan fingerprint density at radius 2 is 2.25 bits per heavy atom. The number of aromatic nitrogens is 2. The number of carbonyl (C=O) groups excluding carboxylic acids is 1. The Morgan fingerprint density at radius 1 is 1.35 bits per heavy atom. The fraction of sp³-hybridized carbons (Fsp3) is 0.0667. The molecule has 100 valence electrons. The van der Waals surface area contributed by atoms with E-state index in [0.29, 0.717) is 17.8 Å². The minimum Gasteiger partial charge on any atom is -0.472 e. The third-order valence-electron chi connectivity index (χ3n) is 2.95. The maximum absolute atomic E-state index is 11.2. The van der Waals surface area contributed by atoms with Crippen molar-refractivity contribution < 1.29 is 9.21 Å². The third kappa shape index (κ3) is 2.58. The zero-order valence-electron chi connectivity index (χ0n) is 10.5. The van der Waals surface area contributed by atoms with E-state index >= 15 is 0 Å². The summed E-state index contributed by atoms with van der Waals surface area (Å²) in [5.41, 5.74) is 3.11. The summed E-state index contributed by atoms with van der Waals surface area (Å²) in [6, 6.07) is 9.78. The van der Waals surface area contributed by atoms with Gasteiger partial charge < -0.3 is 4.42 Å². The van der Waals surface area contributed by atoms with Gasteiger partial charge in [0.1, 0.15) is 5.69 Å². The number of halogens is 1. The zero-order valence-corrected chi connectivity index (χ0v) is 12.1. The molecule has 2 aromatic heterocycles. The summed E-state index contributed by atoms with van der Waals surface area (Å²) >= 11 is 3.44. The molecule has 0 spiro atoms. The summed E-state index contributed by atoms with van der Waals surface area (Å²) in [5, 5.41) is 4.46. The number of rotatable bonds is 4. The lowest BCUT2D eigenvalue weighted by Crippen LogP contribution is -2.00. The summed E-state index contributed by atoms with van der Waals surface area (Å²) in [7, 11) is 0. The molecule has 0 N–H and O–H groups in total. The van der Waals surface area contributed by atoms with Crippen LogP contribution in [-0.4, -0.2) is 16.1 Å². The first-order chi connectivity index (χ1) is 9.76. The summed E-state index contributed by atoms with van der Waals surface area (Å²) in [4.78, 5) is 11.2. The highest BCUT2D eigenvalue weighted by Gasteiger charge is 2.11. The van der Waals surface area contributed by atoms with Crippen LogP contribution in [0, 0.1) is 0 Å². The topological polar surface area (TPSA) is 48.0 Å². The second-order valence-electron chi connectivity index (χ2n) is 4.39. The van der Waals surface area contributed by atoms with Crippen LogP contribution >= 0.6 is 15.9 Å². The molecule has 0 aliphatic carbocycles. The Labute approximate surface area is 124 Å². The van der Waals surface area contributed by atoms with Gasteiger partial charge in [-0.1, -0.05) is 28.1 Å².